The van der Waals surface area contributed by atoms with Crippen LogP contribution in [0.15, 0.2) is 0 Å². The van der Waals surface area contributed by atoms with Gasteiger partial charge >= 0.3 is 0 Å². The SMILES string of the molecule is CCCCC1CC(C)CCC1CNC. The minimum absolute atomic E-state index is 0.961. The van der Waals surface area contributed by atoms with Crippen molar-refractivity contribution in [2.24, 2.45) is 17.8 Å². The molecule has 84 valence electrons. The third-order valence-electron chi connectivity index (χ3n) is 3.80. The second-order valence-electron chi connectivity index (χ2n) is 5.14. The topological polar surface area (TPSA) is 12.0 Å². The van der Waals surface area contributed by atoms with Crippen molar-refractivity contribution in [2.75, 3.05) is 13.6 Å². The summed E-state index contributed by atoms with van der Waals surface area (Å²) in [5, 5.41) is 3.36. The molecule has 1 N–H and O–H groups in total. The van der Waals surface area contributed by atoms with E-state index in [-0.39, 0.29) is 0 Å². The molecule has 0 aromatic rings. The summed E-state index contributed by atoms with van der Waals surface area (Å²) in [6, 6.07) is 0. The number of hydrogen-bond acceptors (Lipinski definition) is 1. The molecule has 1 fully saturated rings. The molecule has 3 atom stereocenters. The average Bonchev–Trinajstić information content (AvgIpc) is 2.18. The van der Waals surface area contributed by atoms with Crippen LogP contribution in [0, 0.1) is 17.8 Å². The van der Waals surface area contributed by atoms with Gasteiger partial charge in [0.05, 0.1) is 0 Å². The van der Waals surface area contributed by atoms with Gasteiger partial charge in [-0.2, -0.15) is 0 Å². The Hall–Kier alpha value is -0.0400. The molecule has 1 rings (SSSR count). The highest BCUT2D eigenvalue weighted by molar-refractivity contribution is 4.79. The molecule has 0 saturated heterocycles. The lowest BCUT2D eigenvalue weighted by atomic mass is 9.72. The summed E-state index contributed by atoms with van der Waals surface area (Å²) in [6.45, 7) is 5.97. The number of unbranched alkanes of at least 4 members (excludes halogenated alkanes) is 1. The third-order valence-corrected chi connectivity index (χ3v) is 3.80. The van der Waals surface area contributed by atoms with Crippen molar-refractivity contribution >= 4 is 0 Å². The molecule has 0 aromatic carbocycles. The van der Waals surface area contributed by atoms with Crippen LogP contribution in [0.25, 0.3) is 0 Å². The summed E-state index contributed by atoms with van der Waals surface area (Å²) in [5.41, 5.74) is 0. The molecule has 1 nitrogen and oxygen atoms in total. The van der Waals surface area contributed by atoms with Crippen LogP contribution < -0.4 is 5.32 Å². The third kappa shape index (κ3) is 3.61. The van der Waals surface area contributed by atoms with Crippen LogP contribution >= 0.6 is 0 Å². The molecule has 1 aliphatic carbocycles. The summed E-state index contributed by atoms with van der Waals surface area (Å²) >= 11 is 0. The Balaban J connectivity index is 2.37. The molecule has 0 amide bonds. The Morgan fingerprint density at radius 3 is 2.64 bits per heavy atom. The van der Waals surface area contributed by atoms with E-state index >= 15 is 0 Å². The maximum Gasteiger partial charge on any atom is -0.00209 e. The summed E-state index contributed by atoms with van der Waals surface area (Å²) in [6.07, 6.45) is 8.64. The maximum atomic E-state index is 3.36. The Kier molecular flexibility index (Phi) is 5.54. The largest absolute Gasteiger partial charge is 0.319 e. The first kappa shape index (κ1) is 12.0. The molecule has 0 bridgehead atoms. The van der Waals surface area contributed by atoms with Crippen molar-refractivity contribution in [1.82, 2.24) is 5.32 Å². The minimum Gasteiger partial charge on any atom is -0.319 e. The van der Waals surface area contributed by atoms with Gasteiger partial charge in [-0.15, -0.1) is 0 Å². The van der Waals surface area contributed by atoms with Crippen molar-refractivity contribution in [3.05, 3.63) is 0 Å². The molecule has 14 heavy (non-hydrogen) atoms. The second-order valence-corrected chi connectivity index (χ2v) is 5.14. The number of rotatable bonds is 5. The lowest BCUT2D eigenvalue weighted by molar-refractivity contribution is 0.174. The summed E-state index contributed by atoms with van der Waals surface area (Å²) in [5.74, 6) is 2.94. The predicted octanol–water partition coefficient (Wildman–Crippen LogP) is 3.45. The van der Waals surface area contributed by atoms with Gasteiger partial charge in [-0.05, 0) is 44.2 Å². The lowest BCUT2D eigenvalue weighted by Crippen LogP contribution is -2.31. The second kappa shape index (κ2) is 6.44. The van der Waals surface area contributed by atoms with Crippen LogP contribution in [0.4, 0.5) is 0 Å². The molecular weight excluding hydrogens is 170 g/mol. The number of nitrogens with one attached hydrogen (secondary N) is 1. The van der Waals surface area contributed by atoms with Crippen LogP contribution in [-0.2, 0) is 0 Å². The van der Waals surface area contributed by atoms with Crippen molar-refractivity contribution < 1.29 is 0 Å². The highest BCUT2D eigenvalue weighted by Crippen LogP contribution is 2.36. The summed E-state index contributed by atoms with van der Waals surface area (Å²) in [4.78, 5) is 0. The van der Waals surface area contributed by atoms with Gasteiger partial charge in [0.25, 0.3) is 0 Å². The fourth-order valence-electron chi connectivity index (χ4n) is 2.91. The first-order valence-corrected chi connectivity index (χ1v) is 6.42. The zero-order valence-corrected chi connectivity index (χ0v) is 10.2. The minimum atomic E-state index is 0.961. The molecule has 1 aliphatic rings. The maximum absolute atomic E-state index is 3.36. The van der Waals surface area contributed by atoms with E-state index in [1.54, 1.807) is 0 Å². The Labute approximate surface area is 89.7 Å². The highest BCUT2D eigenvalue weighted by atomic mass is 14.8. The van der Waals surface area contributed by atoms with Gasteiger partial charge in [0.1, 0.15) is 0 Å². The molecular formula is C13H27N. The van der Waals surface area contributed by atoms with Gasteiger partial charge in [-0.25, -0.2) is 0 Å². The van der Waals surface area contributed by atoms with Gasteiger partial charge in [0, 0.05) is 0 Å². The molecule has 0 heterocycles. The molecule has 1 heteroatoms. The average molecular weight is 197 g/mol. The van der Waals surface area contributed by atoms with Crippen molar-refractivity contribution in [2.45, 2.75) is 52.4 Å². The standard InChI is InChI=1S/C13H27N/c1-4-5-6-12-9-11(2)7-8-13(12)10-14-3/h11-14H,4-10H2,1-3H3. The van der Waals surface area contributed by atoms with Crippen LogP contribution in [0.5, 0.6) is 0 Å². The Bertz CT molecular complexity index is 144. The quantitative estimate of drug-likeness (QED) is 0.712. The highest BCUT2D eigenvalue weighted by Gasteiger charge is 2.27. The summed E-state index contributed by atoms with van der Waals surface area (Å²) < 4.78 is 0. The van der Waals surface area contributed by atoms with E-state index in [0.29, 0.717) is 0 Å². The molecule has 0 radical (unpaired) electrons. The Morgan fingerprint density at radius 2 is 2.00 bits per heavy atom. The van der Waals surface area contributed by atoms with E-state index in [9.17, 15) is 0 Å². The first-order valence-electron chi connectivity index (χ1n) is 6.42. The smallest absolute Gasteiger partial charge is 0.00209 e. The van der Waals surface area contributed by atoms with Gasteiger partial charge in [0.2, 0.25) is 0 Å². The van der Waals surface area contributed by atoms with Crippen LogP contribution in [0.2, 0.25) is 0 Å². The van der Waals surface area contributed by atoms with E-state index in [0.717, 1.165) is 17.8 Å². The Morgan fingerprint density at radius 1 is 1.21 bits per heavy atom. The van der Waals surface area contributed by atoms with Crippen LogP contribution in [-0.4, -0.2) is 13.6 Å². The fourth-order valence-corrected chi connectivity index (χ4v) is 2.91. The first-order chi connectivity index (χ1) is 6.77. The zero-order valence-electron chi connectivity index (χ0n) is 10.2. The van der Waals surface area contributed by atoms with Gasteiger partial charge in [-0.1, -0.05) is 39.5 Å². The zero-order chi connectivity index (χ0) is 10.4. The van der Waals surface area contributed by atoms with E-state index in [2.05, 4.69) is 26.2 Å². The fraction of sp³-hybridized carbons (Fsp3) is 1.00. The molecule has 1 saturated carbocycles. The molecule has 0 spiro atoms. The van der Waals surface area contributed by atoms with E-state index in [1.807, 2.05) is 0 Å². The summed E-state index contributed by atoms with van der Waals surface area (Å²) in [7, 11) is 2.09. The van der Waals surface area contributed by atoms with Crippen molar-refractivity contribution in [3.8, 4) is 0 Å². The van der Waals surface area contributed by atoms with Gasteiger partial charge < -0.3 is 5.32 Å². The lowest BCUT2D eigenvalue weighted by Gasteiger charge is -2.35. The van der Waals surface area contributed by atoms with Crippen molar-refractivity contribution in [1.29, 1.82) is 0 Å². The van der Waals surface area contributed by atoms with Crippen LogP contribution in [0.1, 0.15) is 52.4 Å². The molecule has 0 aromatic heterocycles. The predicted molar refractivity (Wildman–Crippen MR) is 63.4 cm³/mol. The normalized spacial score (nSPS) is 33.2. The van der Waals surface area contributed by atoms with Crippen LogP contribution in [0.3, 0.4) is 0 Å². The van der Waals surface area contributed by atoms with E-state index in [4.69, 9.17) is 0 Å². The molecule has 3 unspecified atom stereocenters. The van der Waals surface area contributed by atoms with E-state index < -0.39 is 0 Å². The number of hydrogen-bond donors (Lipinski definition) is 1. The van der Waals surface area contributed by atoms with E-state index in [1.165, 1.54) is 45.1 Å². The van der Waals surface area contributed by atoms with Crippen molar-refractivity contribution in [3.63, 3.8) is 0 Å². The monoisotopic (exact) mass is 197 g/mol. The molecule has 0 aliphatic heterocycles. The van der Waals surface area contributed by atoms with Gasteiger partial charge in [0.15, 0.2) is 0 Å². The van der Waals surface area contributed by atoms with Gasteiger partial charge in [-0.3, -0.25) is 0 Å².